The van der Waals surface area contributed by atoms with Crippen LogP contribution < -0.4 is 0 Å². The molecule has 0 aromatic carbocycles. The molecule has 0 amide bonds. The highest BCUT2D eigenvalue weighted by Gasteiger charge is 1.93. The molecule has 0 aromatic rings. The van der Waals surface area contributed by atoms with Crippen molar-refractivity contribution in [1.29, 1.82) is 0 Å². The van der Waals surface area contributed by atoms with Gasteiger partial charge in [0.05, 0.1) is 0 Å². The predicted molar refractivity (Wildman–Crippen MR) is 41.3 cm³/mol. The number of rotatable bonds is 3. The lowest BCUT2D eigenvalue weighted by molar-refractivity contribution is 1.01. The monoisotopic (exact) mass is 120 g/mol. The third kappa shape index (κ3) is 1.88. The molecule has 0 bridgehead atoms. The Kier molecular flexibility index (Phi) is 2.32. The highest BCUT2D eigenvalue weighted by Crippen LogP contribution is 2.13. The predicted octanol–water partition coefficient (Wildman–Crippen LogP) is 2.84. The van der Waals surface area contributed by atoms with Crippen LogP contribution in [0.5, 0.6) is 0 Å². The minimum Gasteiger partial charge on any atom is -0.103 e. The molecule has 0 saturated heterocycles. The molecular formula is C9H12. The average molecular weight is 120 g/mol. The maximum atomic E-state index is 3.67. The largest absolute Gasteiger partial charge is 0.103 e. The summed E-state index contributed by atoms with van der Waals surface area (Å²) >= 11 is 0. The van der Waals surface area contributed by atoms with Crippen LogP contribution in [0.2, 0.25) is 0 Å². The van der Waals surface area contributed by atoms with E-state index < -0.39 is 0 Å². The highest BCUT2D eigenvalue weighted by molar-refractivity contribution is 5.25. The molecular weight excluding hydrogens is 108 g/mol. The molecule has 1 aliphatic rings. The zero-order valence-corrected chi connectivity index (χ0v) is 5.64. The van der Waals surface area contributed by atoms with E-state index in [2.05, 4.69) is 24.8 Å². The van der Waals surface area contributed by atoms with Gasteiger partial charge in [0.1, 0.15) is 0 Å². The van der Waals surface area contributed by atoms with Gasteiger partial charge in [0.25, 0.3) is 0 Å². The van der Waals surface area contributed by atoms with Crippen molar-refractivity contribution >= 4 is 0 Å². The maximum absolute atomic E-state index is 3.67. The summed E-state index contributed by atoms with van der Waals surface area (Å²) in [5.74, 6) is 0. The topological polar surface area (TPSA) is 0 Å². The molecule has 1 aliphatic carbocycles. The highest BCUT2D eigenvalue weighted by atomic mass is 14.0. The van der Waals surface area contributed by atoms with Crippen molar-refractivity contribution in [2.24, 2.45) is 0 Å². The molecule has 0 aliphatic heterocycles. The van der Waals surface area contributed by atoms with Gasteiger partial charge in [-0.05, 0) is 19.3 Å². The summed E-state index contributed by atoms with van der Waals surface area (Å²) < 4.78 is 0. The van der Waals surface area contributed by atoms with E-state index in [0.29, 0.717) is 0 Å². The summed E-state index contributed by atoms with van der Waals surface area (Å²) in [6.07, 6.45) is 12.0. The van der Waals surface area contributed by atoms with Crippen molar-refractivity contribution in [3.63, 3.8) is 0 Å². The average Bonchev–Trinajstić information content (AvgIpc) is 2.34. The van der Waals surface area contributed by atoms with Crippen LogP contribution in [0.1, 0.15) is 19.3 Å². The van der Waals surface area contributed by atoms with Crippen molar-refractivity contribution in [2.75, 3.05) is 0 Å². The number of hydrogen-bond donors (Lipinski definition) is 0. The van der Waals surface area contributed by atoms with Crippen LogP contribution in [0, 0.1) is 0 Å². The van der Waals surface area contributed by atoms with E-state index >= 15 is 0 Å². The smallest absolute Gasteiger partial charge is 0.0160 e. The van der Waals surface area contributed by atoms with Crippen molar-refractivity contribution in [2.45, 2.75) is 19.3 Å². The van der Waals surface area contributed by atoms with Crippen molar-refractivity contribution in [3.05, 3.63) is 36.5 Å². The molecule has 48 valence electrons. The van der Waals surface area contributed by atoms with E-state index in [1.165, 1.54) is 12.0 Å². The summed E-state index contributed by atoms with van der Waals surface area (Å²) in [4.78, 5) is 0. The molecule has 0 unspecified atom stereocenters. The normalized spacial score (nSPS) is 15.8. The van der Waals surface area contributed by atoms with Crippen molar-refractivity contribution in [1.82, 2.24) is 0 Å². The van der Waals surface area contributed by atoms with Crippen molar-refractivity contribution in [3.8, 4) is 0 Å². The Morgan fingerprint density at radius 3 is 3.11 bits per heavy atom. The van der Waals surface area contributed by atoms with Gasteiger partial charge >= 0.3 is 0 Å². The summed E-state index contributed by atoms with van der Waals surface area (Å²) in [7, 11) is 0. The molecule has 9 heavy (non-hydrogen) atoms. The van der Waals surface area contributed by atoms with Gasteiger partial charge < -0.3 is 0 Å². The molecule has 0 nitrogen and oxygen atoms in total. The van der Waals surface area contributed by atoms with Gasteiger partial charge in [0, 0.05) is 0 Å². The van der Waals surface area contributed by atoms with Gasteiger partial charge in [0.15, 0.2) is 0 Å². The van der Waals surface area contributed by atoms with Gasteiger partial charge in [-0.1, -0.05) is 29.9 Å². The second-order valence-corrected chi connectivity index (χ2v) is 2.24. The summed E-state index contributed by atoms with van der Waals surface area (Å²) in [6.45, 7) is 3.67. The van der Waals surface area contributed by atoms with Crippen LogP contribution in [0.3, 0.4) is 0 Å². The second kappa shape index (κ2) is 3.29. The standard InChI is InChI=1S/C9H12/c1-2-3-6-9-7-4-5-8-9/h2,4,7-8H,1,3,5-6H2. The summed E-state index contributed by atoms with van der Waals surface area (Å²) in [5, 5.41) is 0. The molecule has 0 N–H and O–H groups in total. The zero-order chi connectivity index (χ0) is 6.53. The fraction of sp³-hybridized carbons (Fsp3) is 0.333. The van der Waals surface area contributed by atoms with Crippen LogP contribution in [0.4, 0.5) is 0 Å². The Labute approximate surface area is 56.6 Å². The molecule has 0 spiro atoms. The first kappa shape index (κ1) is 6.34. The first-order valence-electron chi connectivity index (χ1n) is 3.40. The molecule has 0 fully saturated rings. The summed E-state index contributed by atoms with van der Waals surface area (Å²) in [6, 6.07) is 0. The fourth-order valence-corrected chi connectivity index (χ4v) is 0.961. The molecule has 0 heterocycles. The second-order valence-electron chi connectivity index (χ2n) is 2.24. The van der Waals surface area contributed by atoms with Crippen LogP contribution in [0.25, 0.3) is 0 Å². The first-order chi connectivity index (χ1) is 4.43. The summed E-state index contributed by atoms with van der Waals surface area (Å²) in [5.41, 5.74) is 1.47. The number of allylic oxidation sites excluding steroid dienone is 5. The lowest BCUT2D eigenvalue weighted by Gasteiger charge is -1.91. The zero-order valence-electron chi connectivity index (χ0n) is 5.64. The minimum absolute atomic E-state index is 1.11. The van der Waals surface area contributed by atoms with Gasteiger partial charge in [-0.15, -0.1) is 6.58 Å². The molecule has 0 atom stereocenters. The van der Waals surface area contributed by atoms with E-state index in [1.54, 1.807) is 0 Å². The van der Waals surface area contributed by atoms with Crippen LogP contribution >= 0.6 is 0 Å². The quantitative estimate of drug-likeness (QED) is 0.502. The Balaban J connectivity index is 2.27. The van der Waals surface area contributed by atoms with Crippen LogP contribution in [0.15, 0.2) is 36.5 Å². The third-order valence-electron chi connectivity index (χ3n) is 1.49. The molecule has 0 aromatic heterocycles. The van der Waals surface area contributed by atoms with Gasteiger partial charge in [0.2, 0.25) is 0 Å². The number of hydrogen-bond acceptors (Lipinski definition) is 0. The Morgan fingerprint density at radius 1 is 1.67 bits per heavy atom. The third-order valence-corrected chi connectivity index (χ3v) is 1.49. The van der Waals surface area contributed by atoms with E-state index in [0.717, 1.165) is 12.8 Å². The molecule has 1 rings (SSSR count). The minimum atomic E-state index is 1.11. The SMILES string of the molecule is C=CCCC1=CCC=C1. The Morgan fingerprint density at radius 2 is 2.56 bits per heavy atom. The van der Waals surface area contributed by atoms with Crippen LogP contribution in [-0.2, 0) is 0 Å². The lowest BCUT2D eigenvalue weighted by Crippen LogP contribution is -1.71. The van der Waals surface area contributed by atoms with Gasteiger partial charge in [-0.3, -0.25) is 0 Å². The first-order valence-corrected chi connectivity index (χ1v) is 3.40. The van der Waals surface area contributed by atoms with Crippen molar-refractivity contribution < 1.29 is 0 Å². The van der Waals surface area contributed by atoms with E-state index in [9.17, 15) is 0 Å². The maximum Gasteiger partial charge on any atom is -0.0160 e. The van der Waals surface area contributed by atoms with Crippen LogP contribution in [-0.4, -0.2) is 0 Å². The van der Waals surface area contributed by atoms with E-state index in [-0.39, 0.29) is 0 Å². The van der Waals surface area contributed by atoms with E-state index in [4.69, 9.17) is 0 Å². The molecule has 0 saturated carbocycles. The van der Waals surface area contributed by atoms with Gasteiger partial charge in [-0.2, -0.15) is 0 Å². The molecule has 0 heteroatoms. The Hall–Kier alpha value is -0.780. The Bertz CT molecular complexity index is 149. The fourth-order valence-electron chi connectivity index (χ4n) is 0.961. The lowest BCUT2D eigenvalue weighted by atomic mass is 10.1. The van der Waals surface area contributed by atoms with E-state index in [1.807, 2.05) is 6.08 Å². The van der Waals surface area contributed by atoms with Gasteiger partial charge in [-0.25, -0.2) is 0 Å². The molecule has 0 radical (unpaired) electrons.